The standard InChI is InChI=1S/C10H12FNO/c1-13-10-5-4-8(3-2-6-12)7-9(10)11/h2-5,7H,6,12H2,1H3. The highest BCUT2D eigenvalue weighted by atomic mass is 19.1. The number of halogens is 1. The normalized spacial score (nSPS) is 10.7. The smallest absolute Gasteiger partial charge is 0.165 e. The highest BCUT2D eigenvalue weighted by molar-refractivity contribution is 5.51. The minimum atomic E-state index is -0.360. The van der Waals surface area contributed by atoms with Crippen molar-refractivity contribution in [2.45, 2.75) is 0 Å². The van der Waals surface area contributed by atoms with E-state index in [0.29, 0.717) is 6.54 Å². The molecule has 0 bridgehead atoms. The van der Waals surface area contributed by atoms with Crippen LogP contribution in [0.5, 0.6) is 5.75 Å². The first-order valence-electron chi connectivity index (χ1n) is 3.98. The lowest BCUT2D eigenvalue weighted by Crippen LogP contribution is -1.92. The summed E-state index contributed by atoms with van der Waals surface area (Å²) in [6.45, 7) is 0.452. The van der Waals surface area contributed by atoms with E-state index in [1.54, 1.807) is 24.3 Å². The lowest BCUT2D eigenvalue weighted by atomic mass is 10.2. The van der Waals surface area contributed by atoms with E-state index >= 15 is 0 Å². The van der Waals surface area contributed by atoms with Gasteiger partial charge in [0.2, 0.25) is 0 Å². The molecule has 0 atom stereocenters. The maximum atomic E-state index is 13.1. The molecule has 0 unspecified atom stereocenters. The van der Waals surface area contributed by atoms with Gasteiger partial charge in [-0.3, -0.25) is 0 Å². The van der Waals surface area contributed by atoms with Crippen LogP contribution in [0.4, 0.5) is 4.39 Å². The average Bonchev–Trinajstić information content (AvgIpc) is 2.15. The number of rotatable bonds is 3. The second kappa shape index (κ2) is 4.62. The maximum absolute atomic E-state index is 13.1. The summed E-state index contributed by atoms with van der Waals surface area (Å²) >= 11 is 0. The molecule has 0 saturated carbocycles. The summed E-state index contributed by atoms with van der Waals surface area (Å²) in [5.41, 5.74) is 6.05. The number of methoxy groups -OCH3 is 1. The zero-order chi connectivity index (χ0) is 9.68. The summed E-state index contributed by atoms with van der Waals surface area (Å²) in [6, 6.07) is 4.77. The summed E-state index contributed by atoms with van der Waals surface area (Å²) in [4.78, 5) is 0. The van der Waals surface area contributed by atoms with Crippen LogP contribution < -0.4 is 10.5 Å². The van der Waals surface area contributed by atoms with Crippen molar-refractivity contribution in [1.29, 1.82) is 0 Å². The molecule has 0 spiro atoms. The third kappa shape index (κ3) is 2.56. The van der Waals surface area contributed by atoms with Gasteiger partial charge in [-0.1, -0.05) is 18.2 Å². The van der Waals surface area contributed by atoms with Gasteiger partial charge in [-0.05, 0) is 17.7 Å². The van der Waals surface area contributed by atoms with Gasteiger partial charge >= 0.3 is 0 Å². The maximum Gasteiger partial charge on any atom is 0.165 e. The molecule has 0 heterocycles. The van der Waals surface area contributed by atoms with Gasteiger partial charge in [0.1, 0.15) is 0 Å². The lowest BCUT2D eigenvalue weighted by molar-refractivity contribution is 0.386. The Bertz CT molecular complexity index is 310. The molecule has 2 N–H and O–H groups in total. The van der Waals surface area contributed by atoms with Crippen LogP contribution in [0.25, 0.3) is 6.08 Å². The Morgan fingerprint density at radius 3 is 2.85 bits per heavy atom. The average molecular weight is 181 g/mol. The van der Waals surface area contributed by atoms with E-state index in [4.69, 9.17) is 10.5 Å². The van der Waals surface area contributed by atoms with E-state index in [9.17, 15) is 4.39 Å². The van der Waals surface area contributed by atoms with E-state index < -0.39 is 0 Å². The molecular formula is C10H12FNO. The van der Waals surface area contributed by atoms with Crippen molar-refractivity contribution in [3.63, 3.8) is 0 Å². The number of benzene rings is 1. The van der Waals surface area contributed by atoms with Crippen LogP contribution >= 0.6 is 0 Å². The zero-order valence-electron chi connectivity index (χ0n) is 7.46. The Labute approximate surface area is 76.8 Å². The van der Waals surface area contributed by atoms with Crippen molar-refractivity contribution in [3.8, 4) is 5.75 Å². The highest BCUT2D eigenvalue weighted by Gasteiger charge is 2.00. The second-order valence-electron chi connectivity index (χ2n) is 2.53. The van der Waals surface area contributed by atoms with E-state index in [1.165, 1.54) is 13.2 Å². The summed E-state index contributed by atoms with van der Waals surface area (Å²) in [5.74, 6) is -0.105. The summed E-state index contributed by atoms with van der Waals surface area (Å²) < 4.78 is 17.9. The van der Waals surface area contributed by atoms with Gasteiger partial charge in [-0.15, -0.1) is 0 Å². The molecule has 0 saturated heterocycles. The summed E-state index contributed by atoms with van der Waals surface area (Å²) in [5, 5.41) is 0. The quantitative estimate of drug-likeness (QED) is 0.771. The van der Waals surface area contributed by atoms with Gasteiger partial charge in [0.25, 0.3) is 0 Å². The van der Waals surface area contributed by atoms with E-state index in [1.807, 2.05) is 0 Å². The molecule has 0 aliphatic heterocycles. The highest BCUT2D eigenvalue weighted by Crippen LogP contribution is 2.18. The molecule has 13 heavy (non-hydrogen) atoms. The van der Waals surface area contributed by atoms with Crippen LogP contribution in [-0.4, -0.2) is 13.7 Å². The van der Waals surface area contributed by atoms with Gasteiger partial charge in [0, 0.05) is 6.54 Å². The Kier molecular flexibility index (Phi) is 3.46. The molecule has 1 aromatic rings. The van der Waals surface area contributed by atoms with Crippen molar-refractivity contribution in [2.24, 2.45) is 5.73 Å². The predicted octanol–water partition coefficient (Wildman–Crippen LogP) is 1.81. The predicted molar refractivity (Wildman–Crippen MR) is 51.0 cm³/mol. The molecule has 1 aromatic carbocycles. The van der Waals surface area contributed by atoms with E-state index in [2.05, 4.69) is 0 Å². The third-order valence-corrected chi connectivity index (χ3v) is 1.62. The van der Waals surface area contributed by atoms with Gasteiger partial charge in [0.15, 0.2) is 11.6 Å². The third-order valence-electron chi connectivity index (χ3n) is 1.62. The fourth-order valence-electron chi connectivity index (χ4n) is 0.990. The Hall–Kier alpha value is -1.35. The van der Waals surface area contributed by atoms with Crippen molar-refractivity contribution in [2.75, 3.05) is 13.7 Å². The first-order chi connectivity index (χ1) is 6.27. The molecule has 0 aliphatic carbocycles. The molecule has 0 radical (unpaired) electrons. The zero-order valence-corrected chi connectivity index (χ0v) is 7.46. The topological polar surface area (TPSA) is 35.2 Å². The van der Waals surface area contributed by atoms with Crippen LogP contribution in [0, 0.1) is 5.82 Å². The fourth-order valence-corrected chi connectivity index (χ4v) is 0.990. The SMILES string of the molecule is COc1ccc(C=CCN)cc1F. The minimum Gasteiger partial charge on any atom is -0.494 e. The number of hydrogen-bond acceptors (Lipinski definition) is 2. The van der Waals surface area contributed by atoms with Gasteiger partial charge < -0.3 is 10.5 Å². The molecule has 0 aliphatic rings. The molecule has 0 amide bonds. The van der Waals surface area contributed by atoms with Gasteiger partial charge in [0.05, 0.1) is 7.11 Å². The monoisotopic (exact) mass is 181 g/mol. The number of hydrogen-bond donors (Lipinski definition) is 1. The largest absolute Gasteiger partial charge is 0.494 e. The molecule has 1 rings (SSSR count). The molecule has 70 valence electrons. The van der Waals surface area contributed by atoms with Crippen molar-refractivity contribution < 1.29 is 9.13 Å². The van der Waals surface area contributed by atoms with Crippen LogP contribution in [0.3, 0.4) is 0 Å². The van der Waals surface area contributed by atoms with Gasteiger partial charge in [-0.2, -0.15) is 0 Å². The Morgan fingerprint density at radius 2 is 2.31 bits per heavy atom. The molecule has 0 fully saturated rings. The second-order valence-corrected chi connectivity index (χ2v) is 2.53. The van der Waals surface area contributed by atoms with Crippen molar-refractivity contribution in [3.05, 3.63) is 35.7 Å². The first kappa shape index (κ1) is 9.74. The lowest BCUT2D eigenvalue weighted by Gasteiger charge is -2.01. The molecular weight excluding hydrogens is 169 g/mol. The molecule has 0 aromatic heterocycles. The minimum absolute atomic E-state index is 0.255. The summed E-state index contributed by atoms with van der Waals surface area (Å²) in [7, 11) is 1.44. The van der Waals surface area contributed by atoms with Crippen LogP contribution in [0.2, 0.25) is 0 Å². The van der Waals surface area contributed by atoms with Crippen LogP contribution in [0.1, 0.15) is 5.56 Å². The van der Waals surface area contributed by atoms with Crippen molar-refractivity contribution >= 4 is 6.08 Å². The molecule has 2 nitrogen and oxygen atoms in total. The number of ether oxygens (including phenoxy) is 1. The summed E-state index contributed by atoms with van der Waals surface area (Å²) in [6.07, 6.45) is 3.53. The van der Waals surface area contributed by atoms with E-state index in [-0.39, 0.29) is 11.6 Å². The Morgan fingerprint density at radius 1 is 1.54 bits per heavy atom. The number of nitrogens with two attached hydrogens (primary N) is 1. The first-order valence-corrected chi connectivity index (χ1v) is 3.98. The van der Waals surface area contributed by atoms with E-state index in [0.717, 1.165) is 5.56 Å². The molecule has 3 heteroatoms. The van der Waals surface area contributed by atoms with Crippen LogP contribution in [-0.2, 0) is 0 Å². The Balaban J connectivity index is 2.89. The fraction of sp³-hybridized carbons (Fsp3) is 0.200. The van der Waals surface area contributed by atoms with Gasteiger partial charge in [-0.25, -0.2) is 4.39 Å². The van der Waals surface area contributed by atoms with Crippen LogP contribution in [0.15, 0.2) is 24.3 Å². The van der Waals surface area contributed by atoms with Crippen molar-refractivity contribution in [1.82, 2.24) is 0 Å².